The van der Waals surface area contributed by atoms with E-state index in [4.69, 9.17) is 13.3 Å². The van der Waals surface area contributed by atoms with E-state index in [2.05, 4.69) is 57.0 Å². The highest BCUT2D eigenvalue weighted by molar-refractivity contribution is 6.60. The van der Waals surface area contributed by atoms with E-state index in [0.29, 0.717) is 0 Å². The lowest BCUT2D eigenvalue weighted by molar-refractivity contribution is 0.0923. The number of hydrogen-bond donors (Lipinski definition) is 0. The molecule has 0 fully saturated rings. The molecule has 0 heterocycles. The zero-order valence-corrected chi connectivity index (χ0v) is 20.6. The van der Waals surface area contributed by atoms with Gasteiger partial charge in [-0.3, -0.25) is 0 Å². The van der Waals surface area contributed by atoms with Crippen molar-refractivity contribution in [3.63, 3.8) is 0 Å². The van der Waals surface area contributed by atoms with E-state index in [0.717, 1.165) is 25.7 Å². The van der Waals surface area contributed by atoms with Gasteiger partial charge in [0.1, 0.15) is 0 Å². The summed E-state index contributed by atoms with van der Waals surface area (Å²) >= 11 is 0. The fraction of sp³-hybridized carbons (Fsp3) is 1.00. The first-order valence-corrected chi connectivity index (χ1v) is 12.2. The molecule has 0 atom stereocenters. The van der Waals surface area contributed by atoms with E-state index in [1.165, 1.54) is 38.5 Å². The lowest BCUT2D eigenvalue weighted by atomic mass is 9.76. The third-order valence-electron chi connectivity index (χ3n) is 5.46. The van der Waals surface area contributed by atoms with E-state index < -0.39 is 8.80 Å². The van der Waals surface area contributed by atoms with Gasteiger partial charge in [0.2, 0.25) is 0 Å². The molecule has 0 radical (unpaired) electrons. The first-order valence-electron chi connectivity index (χ1n) is 10.2. The minimum atomic E-state index is -2.63. The summed E-state index contributed by atoms with van der Waals surface area (Å²) in [6, 6.07) is 0.901. The van der Waals surface area contributed by atoms with Crippen molar-refractivity contribution in [2.75, 3.05) is 83.2 Å². The number of nitrogens with zero attached hydrogens (tertiary/aromatic N) is 3. The van der Waals surface area contributed by atoms with Crippen LogP contribution in [0.3, 0.4) is 0 Å². The van der Waals surface area contributed by atoms with Gasteiger partial charge in [-0.1, -0.05) is 0 Å². The predicted molar refractivity (Wildman–Crippen MR) is 117 cm³/mol. The molecular formula is C20H47N3O3Si. The highest BCUT2D eigenvalue weighted by Gasteiger charge is 2.46. The van der Waals surface area contributed by atoms with Gasteiger partial charge in [-0.25, -0.2) is 0 Å². The molecule has 164 valence electrons. The number of rotatable bonds is 17. The summed E-state index contributed by atoms with van der Waals surface area (Å²) in [6.45, 7) is 3.35. The topological polar surface area (TPSA) is 37.4 Å². The van der Waals surface area contributed by atoms with Gasteiger partial charge < -0.3 is 28.0 Å². The van der Waals surface area contributed by atoms with Gasteiger partial charge in [-0.2, -0.15) is 0 Å². The standard InChI is InChI=1S/C20H47N3O3Si/c1-21(2)16-10-13-20(14-11-17-22(3)4,15-12-18-23(5)6)19-27(24-7,25-8)26-9/h10-19H2,1-9H3. The first-order chi connectivity index (χ1) is 12.6. The molecule has 0 aliphatic heterocycles. The molecule has 0 bridgehead atoms. The van der Waals surface area contributed by atoms with E-state index >= 15 is 0 Å². The summed E-state index contributed by atoms with van der Waals surface area (Å²) in [5.41, 5.74) is 0.205. The summed E-state index contributed by atoms with van der Waals surface area (Å²) in [5.74, 6) is 0. The monoisotopic (exact) mass is 405 g/mol. The SMILES string of the molecule is CO[Si](CC(CCCN(C)C)(CCCN(C)C)CCCN(C)C)(OC)OC. The van der Waals surface area contributed by atoms with Gasteiger partial charge in [0.25, 0.3) is 0 Å². The van der Waals surface area contributed by atoms with Gasteiger partial charge in [0.05, 0.1) is 0 Å². The van der Waals surface area contributed by atoms with Crippen molar-refractivity contribution in [1.82, 2.24) is 14.7 Å². The average molecular weight is 406 g/mol. The van der Waals surface area contributed by atoms with Gasteiger partial charge >= 0.3 is 8.80 Å². The highest BCUT2D eigenvalue weighted by Crippen LogP contribution is 2.43. The Balaban J connectivity index is 5.42. The van der Waals surface area contributed by atoms with E-state index in [1.54, 1.807) is 21.3 Å². The third kappa shape index (κ3) is 11.5. The molecule has 0 aliphatic rings. The second-order valence-electron chi connectivity index (χ2n) is 8.69. The van der Waals surface area contributed by atoms with Crippen LogP contribution >= 0.6 is 0 Å². The molecule has 6 nitrogen and oxygen atoms in total. The van der Waals surface area contributed by atoms with Gasteiger partial charge in [-0.15, -0.1) is 0 Å². The summed E-state index contributed by atoms with van der Waals surface area (Å²) in [6.07, 6.45) is 7.15. The quantitative estimate of drug-likeness (QED) is 0.346. The van der Waals surface area contributed by atoms with Crippen LogP contribution in [0.25, 0.3) is 0 Å². The van der Waals surface area contributed by atoms with Crippen LogP contribution in [0, 0.1) is 5.41 Å². The second-order valence-corrected chi connectivity index (χ2v) is 11.6. The minimum Gasteiger partial charge on any atom is -0.377 e. The molecule has 0 unspecified atom stereocenters. The molecule has 0 spiro atoms. The molecule has 7 heteroatoms. The summed E-state index contributed by atoms with van der Waals surface area (Å²) < 4.78 is 17.5. The summed E-state index contributed by atoms with van der Waals surface area (Å²) in [7, 11) is 15.5. The van der Waals surface area contributed by atoms with Crippen LogP contribution in [0.4, 0.5) is 0 Å². The Morgan fingerprint density at radius 2 is 0.889 bits per heavy atom. The zero-order valence-electron chi connectivity index (χ0n) is 19.6. The van der Waals surface area contributed by atoms with E-state index in [9.17, 15) is 0 Å². The van der Waals surface area contributed by atoms with Crippen molar-refractivity contribution in [1.29, 1.82) is 0 Å². The molecule has 0 N–H and O–H groups in total. The van der Waals surface area contributed by atoms with Gasteiger partial charge in [0.15, 0.2) is 0 Å². The first kappa shape index (κ1) is 27.0. The van der Waals surface area contributed by atoms with Gasteiger partial charge in [-0.05, 0) is 106 Å². The Hall–Kier alpha value is -0.0231. The van der Waals surface area contributed by atoms with Crippen LogP contribution in [-0.4, -0.2) is 107 Å². The average Bonchev–Trinajstić information content (AvgIpc) is 2.59. The fourth-order valence-electron chi connectivity index (χ4n) is 3.88. The van der Waals surface area contributed by atoms with Crippen molar-refractivity contribution >= 4 is 8.80 Å². The molecule has 0 saturated carbocycles. The molecule has 0 aromatic carbocycles. The number of hydrogen-bond acceptors (Lipinski definition) is 6. The molecule has 0 aromatic rings. The van der Waals surface area contributed by atoms with Crippen LogP contribution in [-0.2, 0) is 13.3 Å². The van der Waals surface area contributed by atoms with Crippen LogP contribution in [0.15, 0.2) is 0 Å². The van der Waals surface area contributed by atoms with Crippen molar-refractivity contribution in [2.24, 2.45) is 5.41 Å². The van der Waals surface area contributed by atoms with Crippen molar-refractivity contribution in [2.45, 2.75) is 44.6 Å². The van der Waals surface area contributed by atoms with Crippen molar-refractivity contribution < 1.29 is 13.3 Å². The molecule has 0 aromatic heterocycles. The third-order valence-corrected chi connectivity index (χ3v) is 8.51. The molecule has 27 heavy (non-hydrogen) atoms. The maximum Gasteiger partial charge on any atom is 0.500 e. The maximum absolute atomic E-state index is 5.84. The van der Waals surface area contributed by atoms with E-state index in [-0.39, 0.29) is 5.41 Å². The van der Waals surface area contributed by atoms with Gasteiger partial charge in [0, 0.05) is 27.4 Å². The van der Waals surface area contributed by atoms with E-state index in [1.807, 2.05) is 0 Å². The van der Waals surface area contributed by atoms with Crippen molar-refractivity contribution in [3.8, 4) is 0 Å². The highest BCUT2D eigenvalue weighted by atomic mass is 28.4. The normalized spacial score (nSPS) is 13.3. The Kier molecular flexibility index (Phi) is 14.0. The molecule has 0 rings (SSSR count). The Labute approximate surface area is 170 Å². The molecule has 0 amide bonds. The maximum atomic E-state index is 5.84. The summed E-state index contributed by atoms with van der Waals surface area (Å²) in [4.78, 5) is 6.83. The van der Waals surface area contributed by atoms with Crippen LogP contribution in [0.5, 0.6) is 0 Å². The van der Waals surface area contributed by atoms with Crippen LogP contribution < -0.4 is 0 Å². The molecular weight excluding hydrogens is 358 g/mol. The smallest absolute Gasteiger partial charge is 0.377 e. The lowest BCUT2D eigenvalue weighted by Gasteiger charge is -2.40. The Morgan fingerprint density at radius 3 is 1.11 bits per heavy atom. The fourth-order valence-corrected chi connectivity index (χ4v) is 6.26. The summed E-state index contributed by atoms with van der Waals surface area (Å²) in [5, 5.41) is 0. The zero-order chi connectivity index (χ0) is 20.9. The molecule has 0 aliphatic carbocycles. The Morgan fingerprint density at radius 1 is 0.593 bits per heavy atom. The van der Waals surface area contributed by atoms with Crippen LogP contribution in [0.2, 0.25) is 6.04 Å². The second kappa shape index (κ2) is 14.0. The Bertz CT molecular complexity index is 320. The van der Waals surface area contributed by atoms with Crippen molar-refractivity contribution in [3.05, 3.63) is 0 Å². The lowest BCUT2D eigenvalue weighted by Crippen LogP contribution is -2.48. The minimum absolute atomic E-state index is 0.205. The molecule has 0 saturated heterocycles. The van der Waals surface area contributed by atoms with Crippen LogP contribution in [0.1, 0.15) is 38.5 Å². The largest absolute Gasteiger partial charge is 0.500 e. The predicted octanol–water partition coefficient (Wildman–Crippen LogP) is 2.88.